The van der Waals surface area contributed by atoms with E-state index in [1.807, 2.05) is 66.4 Å². The largest absolute Gasteiger partial charge is 0.497 e. The molecular weight excluding hydrogens is 406 g/mol. The molecule has 2 fully saturated rings. The Balaban J connectivity index is 1.49. The third kappa shape index (κ3) is 3.89. The zero-order valence-electron chi connectivity index (χ0n) is 18.4. The van der Waals surface area contributed by atoms with Crippen LogP contribution in [0.15, 0.2) is 54.6 Å². The number of ether oxygens (including phenoxy) is 3. The standard InChI is InChI=1S/C25H27N3O4/c1-18-6-8-20(9-7-18)28-23(17-22(26-28)19-4-3-5-21(16-19)30-2)24(29)27-12-10-25(11-13-27)31-14-15-32-25/h3-9,16-17H,10-15H2,1-2H3. The van der Waals surface area contributed by atoms with Crippen molar-refractivity contribution >= 4 is 5.91 Å². The molecule has 2 aliphatic heterocycles. The predicted octanol–water partition coefficient (Wildman–Crippen LogP) is 3.84. The summed E-state index contributed by atoms with van der Waals surface area (Å²) in [7, 11) is 1.64. The van der Waals surface area contributed by atoms with Gasteiger partial charge in [0.05, 0.1) is 31.7 Å². The minimum atomic E-state index is -0.514. The molecule has 7 heteroatoms. The molecule has 32 heavy (non-hydrogen) atoms. The summed E-state index contributed by atoms with van der Waals surface area (Å²) in [5.74, 6) is 0.193. The number of carbonyl (C=O) groups excluding carboxylic acids is 1. The van der Waals surface area contributed by atoms with Gasteiger partial charge in [0.1, 0.15) is 11.4 Å². The van der Waals surface area contributed by atoms with Gasteiger partial charge in [-0.05, 0) is 37.3 Å². The number of methoxy groups -OCH3 is 1. The first-order valence-electron chi connectivity index (χ1n) is 11.0. The van der Waals surface area contributed by atoms with Crippen LogP contribution in [-0.4, -0.2) is 59.8 Å². The number of piperidine rings is 1. The van der Waals surface area contributed by atoms with Gasteiger partial charge in [0, 0.05) is 31.5 Å². The van der Waals surface area contributed by atoms with Crippen LogP contribution in [0.5, 0.6) is 5.75 Å². The van der Waals surface area contributed by atoms with Crippen molar-refractivity contribution in [3.05, 3.63) is 65.9 Å². The van der Waals surface area contributed by atoms with Crippen LogP contribution in [0.25, 0.3) is 16.9 Å². The summed E-state index contributed by atoms with van der Waals surface area (Å²) < 4.78 is 18.7. The van der Waals surface area contributed by atoms with Crippen LogP contribution in [0.1, 0.15) is 28.9 Å². The second kappa shape index (κ2) is 8.41. The number of nitrogens with zero attached hydrogens (tertiary/aromatic N) is 3. The average Bonchev–Trinajstić information content (AvgIpc) is 3.48. The van der Waals surface area contributed by atoms with Gasteiger partial charge in [0.2, 0.25) is 0 Å². The van der Waals surface area contributed by atoms with Crippen LogP contribution in [0.4, 0.5) is 0 Å². The van der Waals surface area contributed by atoms with Crippen LogP contribution in [-0.2, 0) is 9.47 Å². The van der Waals surface area contributed by atoms with E-state index in [0.717, 1.165) is 28.3 Å². The number of benzene rings is 2. The Bertz CT molecular complexity index is 1110. The minimum Gasteiger partial charge on any atom is -0.497 e. The fourth-order valence-electron chi connectivity index (χ4n) is 4.34. The fourth-order valence-corrected chi connectivity index (χ4v) is 4.34. The van der Waals surface area contributed by atoms with Crippen LogP contribution in [0.2, 0.25) is 0 Å². The molecule has 7 nitrogen and oxygen atoms in total. The molecule has 5 rings (SSSR count). The number of aryl methyl sites for hydroxylation is 1. The summed E-state index contributed by atoms with van der Waals surface area (Å²) in [5, 5.41) is 4.81. The van der Waals surface area contributed by atoms with Gasteiger partial charge in [0.15, 0.2) is 5.79 Å². The topological polar surface area (TPSA) is 65.8 Å². The molecule has 3 heterocycles. The summed E-state index contributed by atoms with van der Waals surface area (Å²) >= 11 is 0. The molecule has 0 radical (unpaired) electrons. The molecule has 1 amide bonds. The van der Waals surface area contributed by atoms with Gasteiger partial charge in [-0.15, -0.1) is 0 Å². The Hall–Kier alpha value is -3.16. The highest BCUT2D eigenvalue weighted by Crippen LogP contribution is 2.32. The molecule has 0 N–H and O–H groups in total. The maximum Gasteiger partial charge on any atom is 0.272 e. The predicted molar refractivity (Wildman–Crippen MR) is 120 cm³/mol. The lowest BCUT2D eigenvalue weighted by atomic mass is 10.0. The lowest BCUT2D eigenvalue weighted by Gasteiger charge is -2.37. The summed E-state index contributed by atoms with van der Waals surface area (Å²) in [6.45, 7) is 4.46. The summed E-state index contributed by atoms with van der Waals surface area (Å²) in [6.07, 6.45) is 1.36. The number of aromatic nitrogens is 2. The quantitative estimate of drug-likeness (QED) is 0.626. The monoisotopic (exact) mass is 433 g/mol. The van der Waals surface area contributed by atoms with Crippen molar-refractivity contribution in [2.24, 2.45) is 0 Å². The van der Waals surface area contributed by atoms with E-state index in [9.17, 15) is 4.79 Å². The molecule has 0 saturated carbocycles. The molecule has 3 aromatic rings. The third-order valence-corrected chi connectivity index (χ3v) is 6.20. The first-order valence-corrected chi connectivity index (χ1v) is 11.0. The molecule has 0 unspecified atom stereocenters. The van der Waals surface area contributed by atoms with Crippen molar-refractivity contribution < 1.29 is 19.0 Å². The molecule has 166 valence electrons. The van der Waals surface area contributed by atoms with Gasteiger partial charge >= 0.3 is 0 Å². The zero-order chi connectivity index (χ0) is 22.1. The maximum atomic E-state index is 13.6. The number of carbonyl (C=O) groups is 1. The van der Waals surface area contributed by atoms with Crippen molar-refractivity contribution in [3.8, 4) is 22.7 Å². The smallest absolute Gasteiger partial charge is 0.272 e. The van der Waals surface area contributed by atoms with E-state index in [1.54, 1.807) is 11.8 Å². The van der Waals surface area contributed by atoms with E-state index in [-0.39, 0.29) is 5.91 Å². The first-order chi connectivity index (χ1) is 15.6. The SMILES string of the molecule is COc1cccc(-c2cc(C(=O)N3CCC4(CC3)OCCO4)n(-c3ccc(C)cc3)n2)c1. The van der Waals surface area contributed by atoms with Gasteiger partial charge in [-0.1, -0.05) is 29.8 Å². The second-order valence-corrected chi connectivity index (χ2v) is 8.29. The highest BCUT2D eigenvalue weighted by atomic mass is 16.7. The number of hydrogen-bond acceptors (Lipinski definition) is 5. The minimum absolute atomic E-state index is 0.0416. The number of amides is 1. The Kier molecular flexibility index (Phi) is 5.45. The van der Waals surface area contributed by atoms with Crippen LogP contribution < -0.4 is 4.74 Å². The molecule has 0 aliphatic carbocycles. The van der Waals surface area contributed by atoms with Gasteiger partial charge in [-0.25, -0.2) is 4.68 Å². The molecule has 1 spiro atoms. The van der Waals surface area contributed by atoms with Crippen molar-refractivity contribution in [1.82, 2.24) is 14.7 Å². The first kappa shape index (κ1) is 20.7. The van der Waals surface area contributed by atoms with E-state index in [4.69, 9.17) is 19.3 Å². The Morgan fingerprint density at radius 1 is 1.03 bits per heavy atom. The highest BCUT2D eigenvalue weighted by molar-refractivity contribution is 5.94. The summed E-state index contributed by atoms with van der Waals surface area (Å²) in [4.78, 5) is 15.5. The molecule has 2 aliphatic rings. The Morgan fingerprint density at radius 2 is 1.75 bits per heavy atom. The van der Waals surface area contributed by atoms with Crippen molar-refractivity contribution in [3.63, 3.8) is 0 Å². The second-order valence-electron chi connectivity index (χ2n) is 8.29. The third-order valence-electron chi connectivity index (χ3n) is 6.20. The lowest BCUT2D eigenvalue weighted by molar-refractivity contribution is -0.181. The van der Waals surface area contributed by atoms with E-state index >= 15 is 0 Å². The molecule has 2 aromatic carbocycles. The van der Waals surface area contributed by atoms with Gasteiger partial charge in [-0.3, -0.25) is 4.79 Å². The Labute approximate surface area is 187 Å². The lowest BCUT2D eigenvalue weighted by Crippen LogP contribution is -2.47. The molecule has 0 atom stereocenters. The number of hydrogen-bond donors (Lipinski definition) is 0. The normalized spacial score (nSPS) is 17.6. The van der Waals surface area contributed by atoms with Gasteiger partial charge in [0.25, 0.3) is 5.91 Å². The van der Waals surface area contributed by atoms with E-state index in [2.05, 4.69) is 0 Å². The van der Waals surface area contributed by atoms with E-state index in [1.165, 1.54) is 0 Å². The van der Waals surface area contributed by atoms with E-state index < -0.39 is 5.79 Å². The highest BCUT2D eigenvalue weighted by Gasteiger charge is 2.41. The molecule has 0 bridgehead atoms. The zero-order valence-corrected chi connectivity index (χ0v) is 18.4. The van der Waals surface area contributed by atoms with Crippen molar-refractivity contribution in [2.75, 3.05) is 33.4 Å². The molecular formula is C25H27N3O4. The maximum absolute atomic E-state index is 13.6. The summed E-state index contributed by atoms with van der Waals surface area (Å²) in [5.41, 5.74) is 4.16. The number of rotatable bonds is 4. The van der Waals surface area contributed by atoms with Crippen LogP contribution in [0.3, 0.4) is 0 Å². The van der Waals surface area contributed by atoms with Crippen molar-refractivity contribution in [2.45, 2.75) is 25.6 Å². The molecule has 2 saturated heterocycles. The summed E-state index contributed by atoms with van der Waals surface area (Å²) in [6, 6.07) is 17.6. The fraction of sp³-hybridized carbons (Fsp3) is 0.360. The van der Waals surface area contributed by atoms with Gasteiger partial charge in [-0.2, -0.15) is 5.10 Å². The van der Waals surface area contributed by atoms with Crippen LogP contribution in [0, 0.1) is 6.92 Å². The van der Waals surface area contributed by atoms with Crippen LogP contribution >= 0.6 is 0 Å². The molecule has 1 aromatic heterocycles. The van der Waals surface area contributed by atoms with E-state index in [0.29, 0.717) is 44.8 Å². The average molecular weight is 434 g/mol. The number of likely N-dealkylation sites (tertiary alicyclic amines) is 1. The Morgan fingerprint density at radius 3 is 2.44 bits per heavy atom. The van der Waals surface area contributed by atoms with Crippen molar-refractivity contribution in [1.29, 1.82) is 0 Å². The van der Waals surface area contributed by atoms with Gasteiger partial charge < -0.3 is 19.1 Å².